The van der Waals surface area contributed by atoms with E-state index in [0.717, 1.165) is 42.2 Å². The van der Waals surface area contributed by atoms with Crippen molar-refractivity contribution in [1.82, 2.24) is 20.0 Å². The van der Waals surface area contributed by atoms with Gasteiger partial charge in [-0.3, -0.25) is 9.58 Å². The lowest BCUT2D eigenvalue weighted by atomic mass is 9.74. The summed E-state index contributed by atoms with van der Waals surface area (Å²) in [5.41, 5.74) is 4.06. The minimum Gasteiger partial charge on any atom is -0.496 e. The molecule has 3 fully saturated rings. The molecule has 2 aromatic carbocycles. The molecule has 7 nitrogen and oxygen atoms in total. The molecule has 2 amide bonds. The second-order valence-electron chi connectivity index (χ2n) is 9.02. The normalized spacial score (nSPS) is 23.8. The van der Waals surface area contributed by atoms with E-state index in [1.54, 1.807) is 7.11 Å². The lowest BCUT2D eigenvalue weighted by Gasteiger charge is -2.49. The van der Waals surface area contributed by atoms with Gasteiger partial charge in [-0.05, 0) is 55.6 Å². The Morgan fingerprint density at radius 1 is 1.15 bits per heavy atom. The van der Waals surface area contributed by atoms with Crippen LogP contribution in [0.3, 0.4) is 0 Å². The average molecular weight is 446 g/mol. The van der Waals surface area contributed by atoms with Crippen LogP contribution in [0.15, 0.2) is 60.7 Å². The van der Waals surface area contributed by atoms with Gasteiger partial charge in [0.05, 0.1) is 12.8 Å². The molecule has 172 valence electrons. The number of anilines is 1. The molecule has 0 saturated carbocycles. The molecule has 0 aliphatic carbocycles. The third-order valence-corrected chi connectivity index (χ3v) is 7.09. The number of carbonyl (C=O) groups excluding carboxylic acids is 1. The largest absolute Gasteiger partial charge is 0.496 e. The predicted octanol–water partition coefficient (Wildman–Crippen LogP) is 4.10. The van der Waals surface area contributed by atoms with Gasteiger partial charge in [-0.15, -0.1) is 0 Å². The molecule has 3 saturated heterocycles. The van der Waals surface area contributed by atoms with Gasteiger partial charge in [0.25, 0.3) is 0 Å². The molecule has 0 radical (unpaired) electrons. The number of ether oxygens (including phenoxy) is 1. The molecule has 4 atom stereocenters. The zero-order valence-electron chi connectivity index (χ0n) is 19.2. The number of nitrogens with one attached hydrogen (secondary N) is 2. The van der Waals surface area contributed by atoms with Crippen molar-refractivity contribution in [2.24, 2.45) is 13.0 Å². The fourth-order valence-electron chi connectivity index (χ4n) is 5.41. The van der Waals surface area contributed by atoms with Crippen LogP contribution in [0, 0.1) is 5.92 Å². The first-order valence-electron chi connectivity index (χ1n) is 11.6. The minimum atomic E-state index is -0.145. The third kappa shape index (κ3) is 4.46. The number of nitrogens with zero attached hydrogens (tertiary/aromatic N) is 3. The van der Waals surface area contributed by atoms with Crippen LogP contribution < -0.4 is 15.4 Å². The number of aromatic nitrogens is 2. The van der Waals surface area contributed by atoms with E-state index in [9.17, 15) is 4.79 Å². The lowest BCUT2D eigenvalue weighted by Crippen LogP contribution is -2.56. The zero-order valence-corrected chi connectivity index (χ0v) is 19.2. The number of hydrogen-bond acceptors (Lipinski definition) is 4. The summed E-state index contributed by atoms with van der Waals surface area (Å²) in [6.07, 6.45) is 2.28. The highest BCUT2D eigenvalue weighted by Crippen LogP contribution is 2.42. The Balaban J connectivity index is 1.24. The van der Waals surface area contributed by atoms with Crippen LogP contribution in [0.5, 0.6) is 5.75 Å². The summed E-state index contributed by atoms with van der Waals surface area (Å²) in [6, 6.07) is 20.0. The highest BCUT2D eigenvalue weighted by atomic mass is 16.5. The second kappa shape index (κ2) is 9.27. The monoisotopic (exact) mass is 445 g/mol. The van der Waals surface area contributed by atoms with E-state index in [4.69, 9.17) is 9.84 Å². The maximum absolute atomic E-state index is 12.3. The van der Waals surface area contributed by atoms with Gasteiger partial charge in [-0.1, -0.05) is 30.3 Å². The molecular weight excluding hydrogens is 414 g/mol. The Hall–Kier alpha value is -3.32. The van der Waals surface area contributed by atoms with Crippen molar-refractivity contribution in [2.75, 3.05) is 32.1 Å². The number of benzene rings is 2. The molecule has 7 heteroatoms. The van der Waals surface area contributed by atoms with Gasteiger partial charge < -0.3 is 15.4 Å². The van der Waals surface area contributed by atoms with E-state index in [1.165, 1.54) is 12.1 Å². The van der Waals surface area contributed by atoms with Crippen LogP contribution in [0.4, 0.5) is 10.5 Å². The molecule has 3 aliphatic heterocycles. The van der Waals surface area contributed by atoms with Crippen LogP contribution in [0.1, 0.15) is 24.5 Å². The van der Waals surface area contributed by atoms with Crippen LogP contribution in [0.2, 0.25) is 0 Å². The van der Waals surface area contributed by atoms with Crippen molar-refractivity contribution in [2.45, 2.75) is 24.8 Å². The number of amides is 2. The van der Waals surface area contributed by atoms with E-state index >= 15 is 0 Å². The van der Waals surface area contributed by atoms with Crippen LogP contribution in [0.25, 0.3) is 11.3 Å². The molecule has 6 rings (SSSR count). The number of aryl methyl sites for hydroxylation is 1. The number of carbonyl (C=O) groups is 1. The summed E-state index contributed by atoms with van der Waals surface area (Å²) in [6.45, 7) is 2.76. The second-order valence-corrected chi connectivity index (χ2v) is 9.02. The molecule has 1 unspecified atom stereocenters. The van der Waals surface area contributed by atoms with Gasteiger partial charge in [-0.25, -0.2) is 4.79 Å². The Morgan fingerprint density at radius 3 is 2.70 bits per heavy atom. The topological polar surface area (TPSA) is 71.4 Å². The van der Waals surface area contributed by atoms with Gasteiger partial charge in [0.2, 0.25) is 0 Å². The number of piperidine rings is 3. The molecule has 3 aromatic rings. The number of methoxy groups -OCH3 is 1. The average Bonchev–Trinajstić information content (AvgIpc) is 3.25. The minimum absolute atomic E-state index is 0.145. The summed E-state index contributed by atoms with van der Waals surface area (Å²) in [5.74, 6) is 1.89. The van der Waals surface area contributed by atoms with Gasteiger partial charge in [0, 0.05) is 49.0 Å². The Kier molecular flexibility index (Phi) is 6.05. The molecule has 2 N–H and O–H groups in total. The number of fused-ring (bicyclic) bond motifs is 3. The molecular formula is C26H31N5O2. The van der Waals surface area contributed by atoms with Gasteiger partial charge in [0.15, 0.2) is 0 Å². The Morgan fingerprint density at radius 2 is 1.94 bits per heavy atom. The molecule has 2 bridgehead atoms. The van der Waals surface area contributed by atoms with Crippen LogP contribution in [-0.4, -0.2) is 53.5 Å². The summed E-state index contributed by atoms with van der Waals surface area (Å²) in [7, 11) is 3.74. The highest BCUT2D eigenvalue weighted by molar-refractivity contribution is 5.89. The van der Waals surface area contributed by atoms with Crippen molar-refractivity contribution in [3.8, 4) is 17.0 Å². The molecule has 1 aromatic heterocycles. The number of para-hydroxylation sites is 2. The number of hydrogen-bond donors (Lipinski definition) is 2. The van der Waals surface area contributed by atoms with Gasteiger partial charge in [-0.2, -0.15) is 5.10 Å². The van der Waals surface area contributed by atoms with E-state index in [2.05, 4.69) is 27.7 Å². The highest BCUT2D eigenvalue weighted by Gasteiger charge is 2.41. The summed E-state index contributed by atoms with van der Waals surface area (Å²) < 4.78 is 7.58. The predicted molar refractivity (Wildman–Crippen MR) is 129 cm³/mol. The number of urea groups is 1. The summed E-state index contributed by atoms with van der Waals surface area (Å²) in [5, 5.41) is 10.8. The van der Waals surface area contributed by atoms with Crippen molar-refractivity contribution < 1.29 is 9.53 Å². The maximum atomic E-state index is 12.3. The quantitative estimate of drug-likeness (QED) is 0.599. The van der Waals surface area contributed by atoms with Crippen LogP contribution in [-0.2, 0) is 7.05 Å². The standard InChI is InChI=1S/C26H31N5O2/c1-30-24(15-23(29-30)21-10-6-7-11-25(21)33-2)22-17-31-13-12-18(22)14-20(31)16-27-26(32)28-19-8-4-3-5-9-19/h3-11,15,18,20,22H,12-14,16-17H2,1-2H3,(H2,27,28,32)/t18-,20+,22+/m0/s1. The van der Waals surface area contributed by atoms with Crippen molar-refractivity contribution in [3.05, 3.63) is 66.4 Å². The third-order valence-electron chi connectivity index (χ3n) is 7.09. The summed E-state index contributed by atoms with van der Waals surface area (Å²) >= 11 is 0. The van der Waals surface area contributed by atoms with Crippen LogP contribution >= 0.6 is 0 Å². The number of rotatable bonds is 6. The van der Waals surface area contributed by atoms with Crippen molar-refractivity contribution in [3.63, 3.8) is 0 Å². The van der Waals surface area contributed by atoms with E-state index in [1.807, 2.05) is 60.3 Å². The Labute approximate surface area is 194 Å². The molecule has 3 aliphatic rings. The van der Waals surface area contributed by atoms with E-state index in [-0.39, 0.29) is 6.03 Å². The van der Waals surface area contributed by atoms with Crippen molar-refractivity contribution >= 4 is 11.7 Å². The van der Waals surface area contributed by atoms with Crippen molar-refractivity contribution in [1.29, 1.82) is 0 Å². The first kappa shape index (κ1) is 21.5. The van der Waals surface area contributed by atoms with Gasteiger partial charge in [0.1, 0.15) is 5.75 Å². The fourth-order valence-corrected chi connectivity index (χ4v) is 5.41. The summed E-state index contributed by atoms with van der Waals surface area (Å²) in [4.78, 5) is 14.8. The van der Waals surface area contributed by atoms with E-state index in [0.29, 0.717) is 24.4 Å². The maximum Gasteiger partial charge on any atom is 0.319 e. The molecule has 33 heavy (non-hydrogen) atoms. The first-order chi connectivity index (χ1) is 16.1. The lowest BCUT2D eigenvalue weighted by molar-refractivity contribution is 0.0296. The molecule has 0 spiro atoms. The fraction of sp³-hybridized carbons (Fsp3) is 0.385. The zero-order chi connectivity index (χ0) is 22.8. The first-order valence-corrected chi connectivity index (χ1v) is 11.6. The Bertz CT molecular complexity index is 1110. The smallest absolute Gasteiger partial charge is 0.319 e. The van der Waals surface area contributed by atoms with E-state index < -0.39 is 0 Å². The molecule has 4 heterocycles. The SMILES string of the molecule is COc1ccccc1-c1cc([C@@H]2CN3CC[C@H]2C[C@@H]3CNC(=O)Nc2ccccc2)n(C)n1. The van der Waals surface area contributed by atoms with Gasteiger partial charge >= 0.3 is 6.03 Å².